The van der Waals surface area contributed by atoms with E-state index in [1.165, 1.54) is 22.5 Å². The van der Waals surface area contributed by atoms with Crippen LogP contribution in [0.5, 0.6) is 0 Å². The van der Waals surface area contributed by atoms with Crippen molar-refractivity contribution < 1.29 is 0 Å². The lowest BCUT2D eigenvalue weighted by Gasteiger charge is -2.05. The molecule has 0 atom stereocenters. The van der Waals surface area contributed by atoms with Crippen molar-refractivity contribution >= 4 is 11.3 Å². The second-order valence-corrected chi connectivity index (χ2v) is 6.35. The molecule has 6 nitrogen and oxygen atoms in total. The highest BCUT2D eigenvalue weighted by molar-refractivity contribution is 7.13. The van der Waals surface area contributed by atoms with Gasteiger partial charge in [0.2, 0.25) is 5.13 Å². The standard InChI is InChI=1S/C15H18N6S/c1-10-3-5-12(6-4-10)7-8-14-13(9-16)18-20-21(14)15-19-17-11(2)22-15/h3-6H,7-9,16H2,1-2H3. The van der Waals surface area contributed by atoms with E-state index in [9.17, 15) is 0 Å². The molecule has 1 aromatic carbocycles. The molecule has 0 aliphatic rings. The molecule has 0 saturated heterocycles. The Kier molecular flexibility index (Phi) is 4.26. The first kappa shape index (κ1) is 14.8. The van der Waals surface area contributed by atoms with Gasteiger partial charge < -0.3 is 5.73 Å². The quantitative estimate of drug-likeness (QED) is 0.778. The Hall–Kier alpha value is -2.12. The molecule has 7 heteroatoms. The van der Waals surface area contributed by atoms with Crippen LogP contribution in [0, 0.1) is 13.8 Å². The van der Waals surface area contributed by atoms with Gasteiger partial charge in [0.15, 0.2) is 0 Å². The summed E-state index contributed by atoms with van der Waals surface area (Å²) in [6.07, 6.45) is 1.74. The van der Waals surface area contributed by atoms with E-state index >= 15 is 0 Å². The molecular weight excluding hydrogens is 296 g/mol. The Morgan fingerprint density at radius 3 is 2.45 bits per heavy atom. The molecule has 0 radical (unpaired) electrons. The van der Waals surface area contributed by atoms with Crippen molar-refractivity contribution in [2.75, 3.05) is 0 Å². The van der Waals surface area contributed by atoms with E-state index in [0.29, 0.717) is 6.54 Å². The van der Waals surface area contributed by atoms with Gasteiger partial charge in [0.25, 0.3) is 0 Å². The largest absolute Gasteiger partial charge is 0.325 e. The van der Waals surface area contributed by atoms with Gasteiger partial charge in [-0.15, -0.1) is 15.3 Å². The third-order valence-corrected chi connectivity index (χ3v) is 4.32. The van der Waals surface area contributed by atoms with E-state index in [-0.39, 0.29) is 0 Å². The zero-order chi connectivity index (χ0) is 15.5. The van der Waals surface area contributed by atoms with Crippen LogP contribution in [0.15, 0.2) is 24.3 Å². The van der Waals surface area contributed by atoms with Gasteiger partial charge in [-0.25, -0.2) is 0 Å². The number of nitrogens with zero attached hydrogens (tertiary/aromatic N) is 5. The minimum atomic E-state index is 0.376. The summed E-state index contributed by atoms with van der Waals surface area (Å²) in [4.78, 5) is 0. The molecule has 0 aliphatic carbocycles. The van der Waals surface area contributed by atoms with Crippen LogP contribution in [0.4, 0.5) is 0 Å². The minimum Gasteiger partial charge on any atom is -0.325 e. The van der Waals surface area contributed by atoms with Crippen molar-refractivity contribution in [1.29, 1.82) is 0 Å². The fourth-order valence-corrected chi connectivity index (χ4v) is 2.95. The maximum atomic E-state index is 5.79. The first-order valence-electron chi connectivity index (χ1n) is 7.17. The van der Waals surface area contributed by atoms with Crippen LogP contribution < -0.4 is 5.73 Å². The van der Waals surface area contributed by atoms with Gasteiger partial charge in [-0.1, -0.05) is 46.4 Å². The third-order valence-electron chi connectivity index (χ3n) is 3.50. The molecule has 0 fully saturated rings. The van der Waals surface area contributed by atoms with E-state index < -0.39 is 0 Å². The fourth-order valence-electron chi connectivity index (χ4n) is 2.28. The summed E-state index contributed by atoms with van der Waals surface area (Å²) in [6.45, 7) is 4.39. The molecule has 2 aromatic heterocycles. The monoisotopic (exact) mass is 314 g/mol. The van der Waals surface area contributed by atoms with Gasteiger partial charge in [0.1, 0.15) is 5.01 Å². The van der Waals surface area contributed by atoms with E-state index in [1.54, 1.807) is 4.68 Å². The smallest absolute Gasteiger partial charge is 0.234 e. The second kappa shape index (κ2) is 6.33. The Labute approximate surface area is 133 Å². The van der Waals surface area contributed by atoms with E-state index in [1.807, 2.05) is 6.92 Å². The molecule has 0 spiro atoms. The number of rotatable bonds is 5. The number of benzene rings is 1. The predicted molar refractivity (Wildman–Crippen MR) is 86.0 cm³/mol. The lowest BCUT2D eigenvalue weighted by Crippen LogP contribution is -2.07. The Morgan fingerprint density at radius 1 is 1.05 bits per heavy atom. The van der Waals surface area contributed by atoms with Crippen molar-refractivity contribution in [2.24, 2.45) is 5.73 Å². The topological polar surface area (TPSA) is 82.5 Å². The number of aryl methyl sites for hydroxylation is 3. The van der Waals surface area contributed by atoms with Crippen LogP contribution in [-0.2, 0) is 19.4 Å². The molecule has 0 saturated carbocycles. The Bertz CT molecular complexity index is 759. The average molecular weight is 314 g/mol. The maximum absolute atomic E-state index is 5.79. The molecule has 0 unspecified atom stereocenters. The second-order valence-electron chi connectivity index (χ2n) is 5.19. The maximum Gasteiger partial charge on any atom is 0.234 e. The normalized spacial score (nSPS) is 11.0. The van der Waals surface area contributed by atoms with Crippen LogP contribution in [0.3, 0.4) is 0 Å². The lowest BCUT2D eigenvalue weighted by molar-refractivity contribution is 0.737. The van der Waals surface area contributed by atoms with E-state index in [2.05, 4.69) is 51.7 Å². The van der Waals surface area contributed by atoms with Gasteiger partial charge >= 0.3 is 0 Å². The summed E-state index contributed by atoms with van der Waals surface area (Å²) in [5.74, 6) is 0. The molecule has 2 heterocycles. The fraction of sp³-hybridized carbons (Fsp3) is 0.333. The van der Waals surface area contributed by atoms with E-state index in [0.717, 1.165) is 34.4 Å². The van der Waals surface area contributed by atoms with Crippen LogP contribution in [0.2, 0.25) is 0 Å². The van der Waals surface area contributed by atoms with Gasteiger partial charge in [0.05, 0.1) is 11.4 Å². The summed E-state index contributed by atoms with van der Waals surface area (Å²) in [5.41, 5.74) is 10.2. The highest BCUT2D eigenvalue weighted by Gasteiger charge is 2.16. The lowest BCUT2D eigenvalue weighted by atomic mass is 10.1. The van der Waals surface area contributed by atoms with Crippen molar-refractivity contribution in [3.63, 3.8) is 0 Å². The molecule has 114 valence electrons. The Morgan fingerprint density at radius 2 is 1.82 bits per heavy atom. The van der Waals surface area contributed by atoms with Crippen LogP contribution >= 0.6 is 11.3 Å². The Balaban J connectivity index is 1.85. The molecule has 3 aromatic rings. The van der Waals surface area contributed by atoms with Gasteiger partial charge in [0, 0.05) is 6.54 Å². The van der Waals surface area contributed by atoms with Crippen LogP contribution in [-0.4, -0.2) is 25.2 Å². The average Bonchev–Trinajstić information content (AvgIpc) is 3.12. The molecule has 22 heavy (non-hydrogen) atoms. The van der Waals surface area contributed by atoms with Gasteiger partial charge in [-0.3, -0.25) is 0 Å². The first-order valence-corrected chi connectivity index (χ1v) is 7.98. The van der Waals surface area contributed by atoms with Gasteiger partial charge in [-0.05, 0) is 32.3 Å². The van der Waals surface area contributed by atoms with E-state index in [4.69, 9.17) is 5.73 Å². The highest BCUT2D eigenvalue weighted by atomic mass is 32.1. The molecular formula is C15H18N6S. The first-order chi connectivity index (χ1) is 10.7. The van der Waals surface area contributed by atoms with Crippen molar-refractivity contribution in [3.8, 4) is 5.13 Å². The molecule has 0 bridgehead atoms. The molecule has 2 N–H and O–H groups in total. The van der Waals surface area contributed by atoms with Crippen LogP contribution in [0.25, 0.3) is 5.13 Å². The molecule has 0 aliphatic heterocycles. The zero-order valence-corrected chi connectivity index (χ0v) is 13.5. The van der Waals surface area contributed by atoms with Crippen molar-refractivity contribution in [1.82, 2.24) is 25.2 Å². The molecule has 0 amide bonds. The number of aromatic nitrogens is 5. The van der Waals surface area contributed by atoms with Crippen molar-refractivity contribution in [2.45, 2.75) is 33.2 Å². The summed E-state index contributed by atoms with van der Waals surface area (Å²) < 4.78 is 1.76. The summed E-state index contributed by atoms with van der Waals surface area (Å²) >= 11 is 1.50. The number of nitrogens with two attached hydrogens (primary N) is 1. The highest BCUT2D eigenvalue weighted by Crippen LogP contribution is 2.18. The van der Waals surface area contributed by atoms with Crippen molar-refractivity contribution in [3.05, 3.63) is 51.8 Å². The SMILES string of the molecule is Cc1ccc(CCc2c(CN)nnn2-c2nnc(C)s2)cc1. The number of hydrogen-bond acceptors (Lipinski definition) is 6. The summed E-state index contributed by atoms with van der Waals surface area (Å²) in [7, 11) is 0. The number of hydrogen-bond donors (Lipinski definition) is 1. The molecule has 3 rings (SSSR count). The predicted octanol–water partition coefficient (Wildman–Crippen LogP) is 1.98. The zero-order valence-electron chi connectivity index (χ0n) is 12.7. The minimum absolute atomic E-state index is 0.376. The van der Waals surface area contributed by atoms with Gasteiger partial charge in [-0.2, -0.15) is 4.68 Å². The third kappa shape index (κ3) is 3.05. The summed E-state index contributed by atoms with van der Waals surface area (Å²) in [6, 6.07) is 8.56. The van der Waals surface area contributed by atoms with Crippen LogP contribution in [0.1, 0.15) is 27.5 Å². The summed E-state index contributed by atoms with van der Waals surface area (Å²) in [5, 5.41) is 18.2.